The second-order valence-electron chi connectivity index (χ2n) is 5.80. The van der Waals surface area contributed by atoms with Crippen molar-refractivity contribution in [2.24, 2.45) is 0 Å². The van der Waals surface area contributed by atoms with Gasteiger partial charge in [0.2, 0.25) is 0 Å². The molecular weight excluding hydrogens is 401 g/mol. The fourth-order valence-electron chi connectivity index (χ4n) is 2.61. The molecule has 0 unspecified atom stereocenters. The van der Waals surface area contributed by atoms with Crippen molar-refractivity contribution in [3.8, 4) is 5.69 Å². The third-order valence-electron chi connectivity index (χ3n) is 3.88. The number of thiophene rings is 1. The first-order chi connectivity index (χ1) is 14.0. The molecule has 1 N–H and O–H groups in total. The standard InChI is InChI=1S/C19H18FN3O5S/c1-3-27-9-14(24)21-17-15-13(10-29-17)16(19(26)28-4-2)22-23(18(15)25)12-7-5-11(20)6-8-12/h5-8,10H,3-4,9H2,1-2H3,(H,21,24). The number of benzene rings is 1. The zero-order chi connectivity index (χ0) is 21.0. The van der Waals surface area contributed by atoms with Crippen LogP contribution in [0, 0.1) is 5.82 Å². The van der Waals surface area contributed by atoms with Crippen LogP contribution in [-0.4, -0.2) is 41.5 Å². The van der Waals surface area contributed by atoms with Gasteiger partial charge in [-0.25, -0.2) is 9.18 Å². The highest BCUT2D eigenvalue weighted by atomic mass is 32.1. The maximum absolute atomic E-state index is 13.3. The molecular formula is C19H18FN3O5S. The molecule has 0 radical (unpaired) electrons. The predicted molar refractivity (Wildman–Crippen MR) is 106 cm³/mol. The zero-order valence-corrected chi connectivity index (χ0v) is 16.5. The Morgan fingerprint density at radius 3 is 2.59 bits per heavy atom. The Morgan fingerprint density at radius 1 is 1.21 bits per heavy atom. The lowest BCUT2D eigenvalue weighted by molar-refractivity contribution is -0.120. The molecule has 2 heterocycles. The van der Waals surface area contributed by atoms with Gasteiger partial charge in [-0.05, 0) is 38.1 Å². The molecule has 3 aromatic rings. The summed E-state index contributed by atoms with van der Waals surface area (Å²) in [7, 11) is 0. The van der Waals surface area contributed by atoms with Gasteiger partial charge in [-0.1, -0.05) is 0 Å². The fraction of sp³-hybridized carbons (Fsp3) is 0.263. The van der Waals surface area contributed by atoms with Gasteiger partial charge in [0.15, 0.2) is 5.69 Å². The van der Waals surface area contributed by atoms with E-state index in [0.29, 0.717) is 6.61 Å². The highest BCUT2D eigenvalue weighted by Crippen LogP contribution is 2.30. The molecule has 0 aliphatic rings. The quantitative estimate of drug-likeness (QED) is 0.591. The van der Waals surface area contributed by atoms with Crippen LogP contribution in [0.5, 0.6) is 0 Å². The summed E-state index contributed by atoms with van der Waals surface area (Å²) in [5.74, 6) is -1.62. The Labute approximate surface area is 168 Å². The van der Waals surface area contributed by atoms with Crippen molar-refractivity contribution >= 4 is 39.0 Å². The molecule has 3 rings (SSSR count). The van der Waals surface area contributed by atoms with Gasteiger partial charge in [-0.15, -0.1) is 11.3 Å². The molecule has 0 aliphatic heterocycles. The Morgan fingerprint density at radius 2 is 1.93 bits per heavy atom. The molecule has 29 heavy (non-hydrogen) atoms. The fourth-order valence-corrected chi connectivity index (χ4v) is 3.56. The van der Waals surface area contributed by atoms with Crippen molar-refractivity contribution in [2.75, 3.05) is 25.1 Å². The minimum Gasteiger partial charge on any atom is -0.461 e. The number of carbonyl (C=O) groups excluding carboxylic acids is 2. The average molecular weight is 419 g/mol. The summed E-state index contributed by atoms with van der Waals surface area (Å²) in [6, 6.07) is 5.08. The van der Waals surface area contributed by atoms with E-state index >= 15 is 0 Å². The molecule has 1 aromatic carbocycles. The summed E-state index contributed by atoms with van der Waals surface area (Å²) in [6.45, 7) is 3.73. The summed E-state index contributed by atoms with van der Waals surface area (Å²) in [5.41, 5.74) is -0.374. The van der Waals surface area contributed by atoms with E-state index in [-0.39, 0.29) is 40.4 Å². The van der Waals surface area contributed by atoms with Gasteiger partial charge >= 0.3 is 5.97 Å². The minimum absolute atomic E-state index is 0.0765. The third-order valence-corrected chi connectivity index (χ3v) is 4.78. The van der Waals surface area contributed by atoms with Crippen LogP contribution >= 0.6 is 11.3 Å². The number of anilines is 1. The molecule has 8 nitrogen and oxygen atoms in total. The number of nitrogens with zero attached hydrogens (tertiary/aromatic N) is 2. The maximum atomic E-state index is 13.3. The normalized spacial score (nSPS) is 10.9. The van der Waals surface area contributed by atoms with Gasteiger partial charge in [0.25, 0.3) is 11.5 Å². The van der Waals surface area contributed by atoms with Crippen LogP contribution in [-0.2, 0) is 14.3 Å². The van der Waals surface area contributed by atoms with Gasteiger partial charge in [0, 0.05) is 17.4 Å². The molecule has 2 aromatic heterocycles. The average Bonchev–Trinajstić information content (AvgIpc) is 3.12. The second-order valence-corrected chi connectivity index (χ2v) is 6.68. The highest BCUT2D eigenvalue weighted by Gasteiger charge is 2.23. The molecule has 0 aliphatic carbocycles. The Hall–Kier alpha value is -3.11. The number of esters is 1. The highest BCUT2D eigenvalue weighted by molar-refractivity contribution is 7.16. The topological polar surface area (TPSA) is 99.5 Å². The number of carbonyl (C=O) groups is 2. The van der Waals surface area contributed by atoms with Crippen LogP contribution in [0.1, 0.15) is 24.3 Å². The summed E-state index contributed by atoms with van der Waals surface area (Å²) in [6.07, 6.45) is 0. The molecule has 0 fully saturated rings. The second kappa shape index (κ2) is 8.93. The summed E-state index contributed by atoms with van der Waals surface area (Å²) in [5, 5.41) is 8.96. The largest absolute Gasteiger partial charge is 0.461 e. The van der Waals surface area contributed by atoms with Crippen LogP contribution in [0.25, 0.3) is 16.5 Å². The maximum Gasteiger partial charge on any atom is 0.359 e. The van der Waals surface area contributed by atoms with Gasteiger partial charge in [-0.3, -0.25) is 9.59 Å². The van der Waals surface area contributed by atoms with E-state index in [1.807, 2.05) is 0 Å². The Balaban J connectivity index is 2.18. The smallest absolute Gasteiger partial charge is 0.359 e. The number of fused-ring (bicyclic) bond motifs is 1. The molecule has 0 saturated carbocycles. The van der Waals surface area contributed by atoms with E-state index in [2.05, 4.69) is 10.4 Å². The lowest BCUT2D eigenvalue weighted by Crippen LogP contribution is -2.26. The van der Waals surface area contributed by atoms with Crippen LogP contribution in [0.15, 0.2) is 34.4 Å². The molecule has 0 atom stereocenters. The van der Waals surface area contributed by atoms with Crippen LogP contribution in [0.2, 0.25) is 0 Å². The first-order valence-corrected chi connectivity index (χ1v) is 9.69. The Bertz CT molecular complexity index is 1110. The van der Waals surface area contributed by atoms with Crippen molar-refractivity contribution in [3.05, 3.63) is 51.5 Å². The molecule has 0 bridgehead atoms. The van der Waals surface area contributed by atoms with Gasteiger partial charge in [0.1, 0.15) is 17.4 Å². The molecule has 152 valence electrons. The van der Waals surface area contributed by atoms with E-state index in [0.717, 1.165) is 16.0 Å². The Kier molecular flexibility index (Phi) is 6.35. The van der Waals surface area contributed by atoms with E-state index in [1.54, 1.807) is 19.2 Å². The number of amides is 1. The molecule has 10 heteroatoms. The van der Waals surface area contributed by atoms with Crippen LogP contribution in [0.4, 0.5) is 9.39 Å². The van der Waals surface area contributed by atoms with E-state index in [4.69, 9.17) is 9.47 Å². The third kappa shape index (κ3) is 4.33. The number of hydrogen-bond acceptors (Lipinski definition) is 7. The molecule has 1 amide bonds. The van der Waals surface area contributed by atoms with Gasteiger partial charge in [0.05, 0.1) is 17.7 Å². The number of aromatic nitrogens is 2. The van der Waals surface area contributed by atoms with E-state index < -0.39 is 23.3 Å². The zero-order valence-electron chi connectivity index (χ0n) is 15.7. The van der Waals surface area contributed by atoms with Crippen LogP contribution < -0.4 is 10.9 Å². The lowest BCUT2D eigenvalue weighted by Gasteiger charge is -2.10. The van der Waals surface area contributed by atoms with E-state index in [9.17, 15) is 18.8 Å². The number of halogens is 1. The number of rotatable bonds is 7. The predicted octanol–water partition coefficient (Wildman–Crippen LogP) is 2.74. The number of ether oxygens (including phenoxy) is 2. The lowest BCUT2D eigenvalue weighted by atomic mass is 10.2. The SMILES string of the molecule is CCOCC(=O)Nc1scc2c(C(=O)OCC)nn(-c3ccc(F)cc3)c(=O)c12. The van der Waals surface area contributed by atoms with Crippen molar-refractivity contribution in [2.45, 2.75) is 13.8 Å². The summed E-state index contributed by atoms with van der Waals surface area (Å²) in [4.78, 5) is 37.6. The van der Waals surface area contributed by atoms with Crippen LogP contribution in [0.3, 0.4) is 0 Å². The molecule has 0 spiro atoms. The number of nitrogens with one attached hydrogen (secondary N) is 1. The molecule has 0 saturated heterocycles. The van der Waals surface area contributed by atoms with Crippen molar-refractivity contribution in [1.82, 2.24) is 9.78 Å². The minimum atomic E-state index is -0.710. The summed E-state index contributed by atoms with van der Waals surface area (Å²) >= 11 is 1.09. The monoisotopic (exact) mass is 419 g/mol. The number of hydrogen-bond donors (Lipinski definition) is 1. The first-order valence-electron chi connectivity index (χ1n) is 8.81. The summed E-state index contributed by atoms with van der Waals surface area (Å²) < 4.78 is 24.4. The van der Waals surface area contributed by atoms with E-state index in [1.165, 1.54) is 24.3 Å². The van der Waals surface area contributed by atoms with Crippen molar-refractivity contribution < 1.29 is 23.5 Å². The van der Waals surface area contributed by atoms with Gasteiger partial charge in [-0.2, -0.15) is 9.78 Å². The van der Waals surface area contributed by atoms with Crippen molar-refractivity contribution in [3.63, 3.8) is 0 Å². The first kappa shape index (κ1) is 20.6. The van der Waals surface area contributed by atoms with Gasteiger partial charge < -0.3 is 14.8 Å². The van der Waals surface area contributed by atoms with Crippen molar-refractivity contribution in [1.29, 1.82) is 0 Å².